The fourth-order valence-electron chi connectivity index (χ4n) is 1.53. The molecule has 18 heavy (non-hydrogen) atoms. The predicted molar refractivity (Wildman–Crippen MR) is 72.1 cm³/mol. The van der Waals surface area contributed by atoms with Crippen molar-refractivity contribution in [1.29, 1.82) is 0 Å². The van der Waals surface area contributed by atoms with Gasteiger partial charge >= 0.3 is 0 Å². The molecule has 1 aromatic carbocycles. The fourth-order valence-corrected chi connectivity index (χ4v) is 2.38. The molecule has 3 nitrogen and oxygen atoms in total. The highest BCUT2D eigenvalue weighted by Gasteiger charge is 2.06. The number of rotatable bonds is 5. The van der Waals surface area contributed by atoms with Crippen molar-refractivity contribution in [2.24, 2.45) is 0 Å². The summed E-state index contributed by atoms with van der Waals surface area (Å²) in [6.07, 6.45) is 0.872. The van der Waals surface area contributed by atoms with Crippen molar-refractivity contribution in [3.8, 4) is 10.6 Å². The summed E-state index contributed by atoms with van der Waals surface area (Å²) in [5.74, 6) is -0.232. The SMILES string of the molecule is CC(C)NCCc1nnc(-c2ccc(F)cc2)s1. The molecule has 5 heteroatoms. The molecule has 0 unspecified atom stereocenters. The van der Waals surface area contributed by atoms with Crippen LogP contribution in [-0.2, 0) is 6.42 Å². The molecule has 0 aliphatic rings. The van der Waals surface area contributed by atoms with E-state index in [1.54, 1.807) is 23.5 Å². The number of nitrogens with zero attached hydrogens (tertiary/aromatic N) is 2. The van der Waals surface area contributed by atoms with E-state index in [0.717, 1.165) is 28.5 Å². The van der Waals surface area contributed by atoms with Crippen LogP contribution in [0.15, 0.2) is 24.3 Å². The van der Waals surface area contributed by atoms with Crippen LogP contribution >= 0.6 is 11.3 Å². The minimum absolute atomic E-state index is 0.232. The van der Waals surface area contributed by atoms with Crippen LogP contribution in [0.2, 0.25) is 0 Å². The summed E-state index contributed by atoms with van der Waals surface area (Å²) in [6, 6.07) is 6.82. The maximum atomic E-state index is 12.8. The first kappa shape index (κ1) is 13.1. The van der Waals surface area contributed by atoms with Crippen LogP contribution in [-0.4, -0.2) is 22.8 Å². The zero-order chi connectivity index (χ0) is 13.0. The van der Waals surface area contributed by atoms with Gasteiger partial charge in [-0.15, -0.1) is 10.2 Å². The van der Waals surface area contributed by atoms with Crippen molar-refractivity contribution >= 4 is 11.3 Å². The summed E-state index contributed by atoms with van der Waals surface area (Å²) in [5, 5.41) is 13.5. The highest BCUT2D eigenvalue weighted by Crippen LogP contribution is 2.23. The Kier molecular flexibility index (Phi) is 4.38. The van der Waals surface area contributed by atoms with Crippen LogP contribution in [0.3, 0.4) is 0 Å². The van der Waals surface area contributed by atoms with Gasteiger partial charge in [0.15, 0.2) is 0 Å². The first-order chi connectivity index (χ1) is 8.65. The highest BCUT2D eigenvalue weighted by atomic mass is 32.1. The van der Waals surface area contributed by atoms with Crippen molar-refractivity contribution < 1.29 is 4.39 Å². The van der Waals surface area contributed by atoms with Gasteiger partial charge in [-0.25, -0.2) is 4.39 Å². The maximum Gasteiger partial charge on any atom is 0.147 e. The summed E-state index contributed by atoms with van der Waals surface area (Å²) < 4.78 is 12.8. The standard InChI is InChI=1S/C13H16FN3S/c1-9(2)15-8-7-12-16-17-13(18-12)10-3-5-11(14)6-4-10/h3-6,9,15H,7-8H2,1-2H3. The Bertz CT molecular complexity index is 493. The second kappa shape index (κ2) is 6.02. The molecule has 96 valence electrons. The zero-order valence-corrected chi connectivity index (χ0v) is 11.3. The van der Waals surface area contributed by atoms with Gasteiger partial charge in [0.1, 0.15) is 15.8 Å². The van der Waals surface area contributed by atoms with E-state index in [1.165, 1.54) is 12.1 Å². The highest BCUT2D eigenvalue weighted by molar-refractivity contribution is 7.14. The average Bonchev–Trinajstić information content (AvgIpc) is 2.78. The smallest absolute Gasteiger partial charge is 0.147 e. The lowest BCUT2D eigenvalue weighted by Gasteiger charge is -2.05. The van der Waals surface area contributed by atoms with Crippen LogP contribution in [0, 0.1) is 5.82 Å². The third-order valence-corrected chi connectivity index (χ3v) is 3.48. The number of benzene rings is 1. The molecule has 0 atom stereocenters. The van der Waals surface area contributed by atoms with Crippen LogP contribution in [0.5, 0.6) is 0 Å². The Balaban J connectivity index is 1.99. The van der Waals surface area contributed by atoms with Gasteiger partial charge in [-0.2, -0.15) is 0 Å². The number of nitrogens with one attached hydrogen (secondary N) is 1. The molecule has 0 fully saturated rings. The van der Waals surface area contributed by atoms with Crippen LogP contribution < -0.4 is 5.32 Å². The molecule has 0 saturated heterocycles. The molecule has 0 saturated carbocycles. The molecular weight excluding hydrogens is 249 g/mol. The van der Waals surface area contributed by atoms with Gasteiger partial charge in [-0.05, 0) is 24.3 Å². The van der Waals surface area contributed by atoms with Crippen LogP contribution in [0.4, 0.5) is 4.39 Å². The Morgan fingerprint density at radius 2 is 1.94 bits per heavy atom. The normalized spacial score (nSPS) is 11.1. The van der Waals surface area contributed by atoms with E-state index in [-0.39, 0.29) is 5.82 Å². The summed E-state index contributed by atoms with van der Waals surface area (Å²) in [7, 11) is 0. The Morgan fingerprint density at radius 1 is 1.22 bits per heavy atom. The van der Waals surface area contributed by atoms with Crippen molar-refractivity contribution in [3.05, 3.63) is 35.1 Å². The number of hydrogen-bond donors (Lipinski definition) is 1. The molecule has 1 heterocycles. The lowest BCUT2D eigenvalue weighted by molar-refractivity contribution is 0.588. The van der Waals surface area contributed by atoms with E-state index in [0.29, 0.717) is 6.04 Å². The van der Waals surface area contributed by atoms with Crippen molar-refractivity contribution in [3.63, 3.8) is 0 Å². The molecule has 0 bridgehead atoms. The molecule has 0 aliphatic heterocycles. The van der Waals surface area contributed by atoms with E-state index >= 15 is 0 Å². The van der Waals surface area contributed by atoms with E-state index < -0.39 is 0 Å². The van der Waals surface area contributed by atoms with Gasteiger partial charge in [0.25, 0.3) is 0 Å². The van der Waals surface area contributed by atoms with E-state index in [2.05, 4.69) is 29.4 Å². The van der Waals surface area contributed by atoms with Gasteiger partial charge in [0.05, 0.1) is 0 Å². The molecular formula is C13H16FN3S. The average molecular weight is 265 g/mol. The van der Waals surface area contributed by atoms with Crippen LogP contribution in [0.25, 0.3) is 10.6 Å². The second-order valence-corrected chi connectivity index (χ2v) is 5.43. The summed E-state index contributed by atoms with van der Waals surface area (Å²) in [6.45, 7) is 5.13. The van der Waals surface area contributed by atoms with E-state index in [4.69, 9.17) is 0 Å². The van der Waals surface area contributed by atoms with Gasteiger partial charge < -0.3 is 5.32 Å². The molecule has 1 aromatic heterocycles. The fraction of sp³-hybridized carbons (Fsp3) is 0.385. The lowest BCUT2D eigenvalue weighted by atomic mass is 10.2. The largest absolute Gasteiger partial charge is 0.314 e. The van der Waals surface area contributed by atoms with Gasteiger partial charge in [0.2, 0.25) is 0 Å². The number of halogens is 1. The molecule has 1 N–H and O–H groups in total. The number of hydrogen-bond acceptors (Lipinski definition) is 4. The van der Waals surface area contributed by atoms with Crippen molar-refractivity contribution in [1.82, 2.24) is 15.5 Å². The van der Waals surface area contributed by atoms with Crippen molar-refractivity contribution in [2.75, 3.05) is 6.54 Å². The molecule has 0 radical (unpaired) electrons. The van der Waals surface area contributed by atoms with Gasteiger partial charge in [0, 0.05) is 24.6 Å². The summed E-state index contributed by atoms with van der Waals surface area (Å²) in [4.78, 5) is 0. The van der Waals surface area contributed by atoms with Crippen LogP contribution in [0.1, 0.15) is 18.9 Å². The first-order valence-electron chi connectivity index (χ1n) is 5.97. The maximum absolute atomic E-state index is 12.8. The Hall–Kier alpha value is -1.33. The quantitative estimate of drug-likeness (QED) is 0.903. The molecule has 0 amide bonds. The minimum Gasteiger partial charge on any atom is -0.314 e. The minimum atomic E-state index is -0.232. The van der Waals surface area contributed by atoms with E-state index in [1.807, 2.05) is 0 Å². The van der Waals surface area contributed by atoms with Gasteiger partial charge in [-0.3, -0.25) is 0 Å². The summed E-state index contributed by atoms with van der Waals surface area (Å²) in [5.41, 5.74) is 0.914. The third-order valence-electron chi connectivity index (χ3n) is 2.45. The van der Waals surface area contributed by atoms with Gasteiger partial charge in [-0.1, -0.05) is 25.2 Å². The molecule has 0 spiro atoms. The van der Waals surface area contributed by atoms with E-state index in [9.17, 15) is 4.39 Å². The second-order valence-electron chi connectivity index (χ2n) is 4.37. The topological polar surface area (TPSA) is 37.8 Å². The molecule has 2 aromatic rings. The predicted octanol–water partition coefficient (Wildman–Crippen LogP) is 2.88. The third kappa shape index (κ3) is 3.58. The van der Waals surface area contributed by atoms with Crippen molar-refractivity contribution in [2.45, 2.75) is 26.3 Å². The Morgan fingerprint density at radius 3 is 2.61 bits per heavy atom. The zero-order valence-electron chi connectivity index (χ0n) is 10.5. The number of aromatic nitrogens is 2. The Labute approximate surface area is 110 Å². The summed E-state index contributed by atoms with van der Waals surface area (Å²) >= 11 is 1.56. The first-order valence-corrected chi connectivity index (χ1v) is 6.78. The molecule has 0 aliphatic carbocycles. The monoisotopic (exact) mass is 265 g/mol. The molecule has 2 rings (SSSR count). The lowest BCUT2D eigenvalue weighted by Crippen LogP contribution is -2.24.